The van der Waals surface area contributed by atoms with Crippen molar-refractivity contribution >= 4 is 29.8 Å². The first-order chi connectivity index (χ1) is 23.4. The Morgan fingerprint density at radius 1 is 0.700 bits per heavy atom. The first-order valence-electron chi connectivity index (χ1n) is 14.8. The minimum Gasteiger partial charge on any atom is -0.508 e. The number of benzene rings is 2. The summed E-state index contributed by atoms with van der Waals surface area (Å²) >= 11 is 0. The molecule has 3 aromatic rings. The van der Waals surface area contributed by atoms with Crippen LogP contribution in [0.15, 0.2) is 67.1 Å². The van der Waals surface area contributed by atoms with Crippen LogP contribution in [-0.4, -0.2) is 108 Å². The van der Waals surface area contributed by atoms with E-state index in [-0.39, 0.29) is 25.0 Å². The summed E-state index contributed by atoms with van der Waals surface area (Å²) < 4.78 is 0. The zero-order valence-corrected chi connectivity index (χ0v) is 27.2. The molecule has 1 aromatic heterocycles. The van der Waals surface area contributed by atoms with E-state index in [0.717, 1.165) is 23.2 Å². The second kappa shape index (κ2) is 27.5. The van der Waals surface area contributed by atoms with Crippen molar-refractivity contribution in [2.24, 2.45) is 34.4 Å². The number of carbonyl (C=O) groups excluding carboxylic acids is 1. The molecule has 1 heterocycles. The normalized spacial score (nSPS) is 12.1. The fraction of sp³-hybridized carbons (Fsp3) is 0.355. The van der Waals surface area contributed by atoms with E-state index >= 15 is 0 Å². The standard InChI is InChI=1S/C9H11NO3.C9H11NO2.C5H9N3.C5H10N2O3.C3H7NO3/c10-8(9(12)13)5-6-1-3-7(11)4-2-6;10-8(9(11)12)6-7-4-2-1-3-5-7;6-2-1-5-3-7-4-8-5;6-3(5(9)10)1-2-4(7)8;4-2(1-5)3(6)7/h1-4,8,11H,5,10H2,(H,12,13);1-5,8H,6,10H2,(H,11,12);3-4H,1-2,6H2,(H,7,8);3H,1-2,6H2,(H2,7,8)(H,9,10);2,5H,1,4H2,(H,6,7)/t2*8-;;3-;2-/m00.00/s1. The number of rotatable bonds is 14. The molecular formula is C31H48N8O11. The average Bonchev–Trinajstić information content (AvgIpc) is 3.59. The third kappa shape index (κ3) is 25.6. The van der Waals surface area contributed by atoms with Gasteiger partial charge >= 0.3 is 23.9 Å². The molecule has 4 atom stereocenters. The van der Waals surface area contributed by atoms with Crippen LogP contribution in [0.25, 0.3) is 0 Å². The summed E-state index contributed by atoms with van der Waals surface area (Å²) in [6, 6.07) is 11.9. The first kappa shape index (κ1) is 46.7. The summed E-state index contributed by atoms with van der Waals surface area (Å²) in [6.07, 6.45) is 5.11. The molecule has 0 saturated carbocycles. The molecule has 3 rings (SSSR count). The number of nitrogens with one attached hydrogen (secondary N) is 1. The van der Waals surface area contributed by atoms with Crippen LogP contribution < -0.4 is 34.4 Å². The van der Waals surface area contributed by atoms with E-state index in [1.807, 2.05) is 30.3 Å². The van der Waals surface area contributed by atoms with Gasteiger partial charge < -0.3 is 70.0 Å². The molecule has 0 bridgehead atoms. The van der Waals surface area contributed by atoms with Crippen LogP contribution in [0.4, 0.5) is 0 Å². The lowest BCUT2D eigenvalue weighted by Crippen LogP contribution is -2.33. The van der Waals surface area contributed by atoms with Crippen LogP contribution in [0.5, 0.6) is 5.75 Å². The molecule has 0 fully saturated rings. The molecule has 2 aromatic carbocycles. The smallest absolute Gasteiger partial charge is 0.322 e. The summed E-state index contributed by atoms with van der Waals surface area (Å²) in [4.78, 5) is 57.3. The highest BCUT2D eigenvalue weighted by atomic mass is 16.4. The lowest BCUT2D eigenvalue weighted by molar-refractivity contribution is -0.140. The monoisotopic (exact) mass is 708 g/mol. The predicted octanol–water partition coefficient (Wildman–Crippen LogP) is -2.05. The molecular weight excluding hydrogens is 660 g/mol. The number of hydrogen-bond donors (Lipinski definition) is 13. The van der Waals surface area contributed by atoms with E-state index in [2.05, 4.69) is 9.97 Å². The van der Waals surface area contributed by atoms with Crippen LogP contribution in [0.1, 0.15) is 29.7 Å². The number of amides is 1. The van der Waals surface area contributed by atoms with Crippen molar-refractivity contribution in [3.63, 3.8) is 0 Å². The molecule has 0 spiro atoms. The summed E-state index contributed by atoms with van der Waals surface area (Å²) in [5.41, 5.74) is 33.4. The fourth-order valence-corrected chi connectivity index (χ4v) is 3.00. The maximum absolute atomic E-state index is 10.4. The molecule has 19 heteroatoms. The van der Waals surface area contributed by atoms with Crippen LogP contribution in [0.2, 0.25) is 0 Å². The Bertz CT molecular complexity index is 1380. The van der Waals surface area contributed by atoms with Gasteiger partial charge in [0, 0.05) is 24.7 Å². The lowest BCUT2D eigenvalue weighted by atomic mass is 10.1. The number of aromatic amines is 1. The van der Waals surface area contributed by atoms with E-state index in [1.54, 1.807) is 24.7 Å². The molecule has 19 nitrogen and oxygen atoms in total. The minimum atomic E-state index is -1.18. The van der Waals surface area contributed by atoms with Crippen LogP contribution in [0.3, 0.4) is 0 Å². The maximum atomic E-state index is 10.4. The number of carboxylic acid groups (broad SMARTS) is 4. The number of carbonyl (C=O) groups is 5. The van der Waals surface area contributed by atoms with E-state index in [1.165, 1.54) is 12.1 Å². The third-order valence-electron chi connectivity index (χ3n) is 5.83. The van der Waals surface area contributed by atoms with E-state index < -0.39 is 60.6 Å². The molecule has 0 unspecified atom stereocenters. The van der Waals surface area contributed by atoms with Crippen LogP contribution in [0, 0.1) is 0 Å². The number of carboxylic acids is 4. The van der Waals surface area contributed by atoms with Gasteiger partial charge in [-0.1, -0.05) is 42.5 Å². The Labute approximate surface area is 287 Å². The van der Waals surface area contributed by atoms with Gasteiger partial charge in [0.15, 0.2) is 0 Å². The molecule has 1 amide bonds. The van der Waals surface area contributed by atoms with Gasteiger partial charge in [-0.15, -0.1) is 0 Å². The van der Waals surface area contributed by atoms with E-state index in [0.29, 0.717) is 13.0 Å². The number of nitrogens with two attached hydrogens (primary N) is 6. The molecule has 19 N–H and O–H groups in total. The Hall–Kier alpha value is -5.44. The summed E-state index contributed by atoms with van der Waals surface area (Å²) in [7, 11) is 0. The zero-order chi connectivity index (χ0) is 38.6. The molecule has 278 valence electrons. The average molecular weight is 709 g/mol. The number of nitrogens with zero attached hydrogens (tertiary/aromatic N) is 1. The number of aliphatic hydroxyl groups excluding tert-OH is 1. The number of aliphatic hydroxyl groups is 1. The highest BCUT2D eigenvalue weighted by Gasteiger charge is 2.13. The van der Waals surface area contributed by atoms with Crippen molar-refractivity contribution < 1.29 is 54.6 Å². The van der Waals surface area contributed by atoms with Gasteiger partial charge in [0.25, 0.3) is 0 Å². The minimum absolute atomic E-state index is 0.0213. The number of primary amides is 1. The summed E-state index contributed by atoms with van der Waals surface area (Å²) in [6.45, 7) is 0.178. The van der Waals surface area contributed by atoms with Crippen molar-refractivity contribution in [3.8, 4) is 5.75 Å². The van der Waals surface area contributed by atoms with Crippen molar-refractivity contribution in [2.45, 2.75) is 56.3 Å². The first-order valence-corrected chi connectivity index (χ1v) is 14.8. The number of aliphatic carboxylic acids is 4. The van der Waals surface area contributed by atoms with Crippen molar-refractivity contribution in [1.82, 2.24) is 9.97 Å². The predicted molar refractivity (Wildman–Crippen MR) is 181 cm³/mol. The number of H-pyrrole nitrogens is 1. The Kier molecular flexibility index (Phi) is 25.7. The quantitative estimate of drug-likeness (QED) is 0.0857. The van der Waals surface area contributed by atoms with E-state index in [9.17, 15) is 24.0 Å². The largest absolute Gasteiger partial charge is 0.508 e. The Morgan fingerprint density at radius 3 is 1.50 bits per heavy atom. The van der Waals surface area contributed by atoms with Crippen molar-refractivity contribution in [1.29, 1.82) is 0 Å². The second-order valence-electron chi connectivity index (χ2n) is 10.1. The van der Waals surface area contributed by atoms with Crippen LogP contribution >= 0.6 is 0 Å². The maximum Gasteiger partial charge on any atom is 0.322 e. The van der Waals surface area contributed by atoms with Gasteiger partial charge in [0.2, 0.25) is 5.91 Å². The summed E-state index contributed by atoms with van der Waals surface area (Å²) in [5.74, 6) is -4.64. The fourth-order valence-electron chi connectivity index (χ4n) is 3.00. The van der Waals surface area contributed by atoms with Crippen molar-refractivity contribution in [2.75, 3.05) is 13.2 Å². The summed E-state index contributed by atoms with van der Waals surface area (Å²) in [5, 5.41) is 50.1. The number of hydrogen-bond acceptors (Lipinski definition) is 13. The number of imidazole rings is 1. The SMILES string of the molecule is NC(=O)CC[C@H](N)C(=O)O.NCCc1cnc[nH]1.N[C@@H](CO)C(=O)O.N[C@@H](Cc1ccc(O)cc1)C(=O)O.N[C@@H](Cc1ccccc1)C(=O)O. The highest BCUT2D eigenvalue weighted by molar-refractivity contribution is 5.77. The van der Waals surface area contributed by atoms with Gasteiger partial charge in [0.05, 0.1) is 12.9 Å². The molecule has 0 saturated heterocycles. The Morgan fingerprint density at radius 2 is 1.16 bits per heavy atom. The lowest BCUT2D eigenvalue weighted by Gasteiger charge is -2.05. The molecule has 0 aliphatic heterocycles. The molecule has 0 radical (unpaired) electrons. The molecule has 0 aliphatic carbocycles. The number of phenolic OH excluding ortho intramolecular Hbond substituents is 1. The second-order valence-corrected chi connectivity index (χ2v) is 10.1. The van der Waals surface area contributed by atoms with Gasteiger partial charge in [-0.25, -0.2) is 4.98 Å². The van der Waals surface area contributed by atoms with Crippen molar-refractivity contribution in [3.05, 3.63) is 83.9 Å². The molecule has 0 aliphatic rings. The van der Waals surface area contributed by atoms with Gasteiger partial charge in [-0.05, 0) is 49.1 Å². The number of aromatic nitrogens is 2. The third-order valence-corrected chi connectivity index (χ3v) is 5.83. The topological polar surface area (TPSA) is 392 Å². The van der Waals surface area contributed by atoms with E-state index in [4.69, 9.17) is 65.0 Å². The zero-order valence-electron chi connectivity index (χ0n) is 27.2. The Balaban J connectivity index is 0. The molecule has 50 heavy (non-hydrogen) atoms. The number of aromatic hydroxyl groups is 1. The van der Waals surface area contributed by atoms with Crippen LogP contribution in [-0.2, 0) is 43.2 Å². The highest BCUT2D eigenvalue weighted by Crippen LogP contribution is 2.10. The van der Waals surface area contributed by atoms with Gasteiger partial charge in [-0.2, -0.15) is 0 Å². The number of phenols is 1. The van der Waals surface area contributed by atoms with Gasteiger partial charge in [0.1, 0.15) is 29.9 Å². The van der Waals surface area contributed by atoms with Gasteiger partial charge in [-0.3, -0.25) is 24.0 Å².